The molecule has 2 heterocycles. The topological polar surface area (TPSA) is 44.7 Å². The van der Waals surface area contributed by atoms with E-state index in [1.54, 1.807) is 0 Å². The molecule has 4 nitrogen and oxygen atoms in total. The minimum atomic E-state index is -0.460. The molecular weight excluding hydrogens is 400 g/mol. The summed E-state index contributed by atoms with van der Waals surface area (Å²) in [5.41, 5.74) is 1.12. The van der Waals surface area contributed by atoms with E-state index in [-0.39, 0.29) is 0 Å². The number of ether oxygens (including phenoxy) is 1. The van der Waals surface area contributed by atoms with E-state index < -0.39 is 6.10 Å². The van der Waals surface area contributed by atoms with Crippen LogP contribution in [0.3, 0.4) is 0 Å². The maximum absolute atomic E-state index is 10.4. The molecule has 4 rings (SSSR count). The first kappa shape index (κ1) is 20.7. The maximum atomic E-state index is 10.4. The lowest BCUT2D eigenvalue weighted by Gasteiger charge is -2.28. The van der Waals surface area contributed by atoms with Crippen LogP contribution in [0.2, 0.25) is 0 Å². The van der Waals surface area contributed by atoms with E-state index in [9.17, 15) is 5.11 Å². The average molecular weight is 429 g/mol. The van der Waals surface area contributed by atoms with E-state index >= 15 is 0 Å². The van der Waals surface area contributed by atoms with Gasteiger partial charge in [0, 0.05) is 59.4 Å². The molecule has 0 saturated carbocycles. The Morgan fingerprint density at radius 1 is 1.03 bits per heavy atom. The van der Waals surface area contributed by atoms with Crippen molar-refractivity contribution in [3.63, 3.8) is 0 Å². The summed E-state index contributed by atoms with van der Waals surface area (Å²) in [4.78, 5) is 3.66. The van der Waals surface area contributed by atoms with Crippen molar-refractivity contribution >= 4 is 33.2 Å². The van der Waals surface area contributed by atoms with Crippen LogP contribution in [0, 0.1) is 0 Å². The van der Waals surface area contributed by atoms with Gasteiger partial charge >= 0.3 is 0 Å². The van der Waals surface area contributed by atoms with E-state index in [2.05, 4.69) is 46.6 Å². The molecule has 0 aliphatic carbocycles. The van der Waals surface area contributed by atoms with E-state index in [4.69, 9.17) is 4.74 Å². The van der Waals surface area contributed by atoms with Gasteiger partial charge in [-0.3, -0.25) is 4.90 Å². The van der Waals surface area contributed by atoms with Gasteiger partial charge < -0.3 is 15.2 Å². The van der Waals surface area contributed by atoms with Crippen molar-refractivity contribution < 1.29 is 9.84 Å². The van der Waals surface area contributed by atoms with E-state index in [0.29, 0.717) is 13.2 Å². The zero-order chi connectivity index (χ0) is 19.9. The molecule has 0 bridgehead atoms. The number of β-amino-alcohol motifs (C(OH)–C–C–N with tert-alkyl or cyclic N) is 1. The first-order valence-electron chi connectivity index (χ1n) is 10.1. The van der Waals surface area contributed by atoms with Crippen molar-refractivity contribution in [2.75, 3.05) is 37.7 Å². The van der Waals surface area contributed by atoms with Gasteiger partial charge in [-0.2, -0.15) is 11.8 Å². The number of benzene rings is 2. The molecule has 0 spiro atoms. The minimum Gasteiger partial charge on any atom is -0.491 e. The second kappa shape index (κ2) is 10.5. The molecular formula is C23H28N2O2S2. The Morgan fingerprint density at radius 2 is 1.83 bits per heavy atom. The van der Waals surface area contributed by atoms with Crippen molar-refractivity contribution in [3.05, 3.63) is 65.0 Å². The zero-order valence-corrected chi connectivity index (χ0v) is 18.2. The monoisotopic (exact) mass is 428 g/mol. The fraction of sp³-hybridized carbons (Fsp3) is 0.391. The van der Waals surface area contributed by atoms with Crippen LogP contribution < -0.4 is 10.1 Å². The summed E-state index contributed by atoms with van der Waals surface area (Å²) in [6.45, 7) is 4.71. The summed E-state index contributed by atoms with van der Waals surface area (Å²) in [5.74, 6) is 3.16. The molecule has 0 unspecified atom stereocenters. The van der Waals surface area contributed by atoms with Gasteiger partial charge in [-0.1, -0.05) is 36.4 Å². The highest BCUT2D eigenvalue weighted by Gasteiger charge is 2.15. The maximum Gasteiger partial charge on any atom is 0.123 e. The summed E-state index contributed by atoms with van der Waals surface area (Å²) < 4.78 is 7.30. The molecule has 154 valence electrons. The van der Waals surface area contributed by atoms with Crippen LogP contribution in [0.25, 0.3) is 10.1 Å². The van der Waals surface area contributed by atoms with Crippen LogP contribution in [0.5, 0.6) is 5.75 Å². The van der Waals surface area contributed by atoms with Gasteiger partial charge in [-0.25, -0.2) is 0 Å². The molecule has 1 aliphatic heterocycles. The number of thioether (sulfide) groups is 1. The van der Waals surface area contributed by atoms with Gasteiger partial charge in [0.25, 0.3) is 0 Å². The molecule has 2 N–H and O–H groups in total. The van der Waals surface area contributed by atoms with Gasteiger partial charge in [0.15, 0.2) is 0 Å². The van der Waals surface area contributed by atoms with Gasteiger partial charge in [0.1, 0.15) is 18.5 Å². The lowest BCUT2D eigenvalue weighted by molar-refractivity contribution is 0.0711. The third-order valence-electron chi connectivity index (χ3n) is 5.07. The molecule has 1 aliphatic rings. The number of fused-ring (bicyclic) bond motifs is 1. The van der Waals surface area contributed by atoms with Crippen molar-refractivity contribution in [2.24, 2.45) is 0 Å². The average Bonchev–Trinajstić information content (AvgIpc) is 3.16. The Labute approximate surface area is 180 Å². The smallest absolute Gasteiger partial charge is 0.123 e. The van der Waals surface area contributed by atoms with E-state index in [1.165, 1.54) is 15.0 Å². The molecule has 1 fully saturated rings. The van der Waals surface area contributed by atoms with Gasteiger partial charge in [0.2, 0.25) is 0 Å². The minimum absolute atomic E-state index is 0.330. The van der Waals surface area contributed by atoms with Crippen LogP contribution in [-0.4, -0.2) is 53.9 Å². The van der Waals surface area contributed by atoms with Crippen LogP contribution in [0.4, 0.5) is 0 Å². The van der Waals surface area contributed by atoms with Crippen LogP contribution in [0.15, 0.2) is 54.6 Å². The SMILES string of the molecule is O[C@H](COc1ccccc1CNCc1cc2ccccc2s1)CN1CCSCC1. The normalized spacial score (nSPS) is 16.2. The van der Waals surface area contributed by atoms with Gasteiger partial charge in [-0.15, -0.1) is 11.3 Å². The van der Waals surface area contributed by atoms with Crippen molar-refractivity contribution in [3.8, 4) is 5.75 Å². The molecule has 0 radical (unpaired) electrons. The van der Waals surface area contributed by atoms with Crippen molar-refractivity contribution in [1.82, 2.24) is 10.2 Å². The molecule has 6 heteroatoms. The molecule has 1 aromatic heterocycles. The number of aliphatic hydroxyl groups is 1. The number of hydrogen-bond acceptors (Lipinski definition) is 6. The molecule has 0 amide bonds. The number of nitrogens with one attached hydrogen (secondary N) is 1. The first-order chi connectivity index (χ1) is 14.3. The zero-order valence-electron chi connectivity index (χ0n) is 16.5. The van der Waals surface area contributed by atoms with Gasteiger partial charge in [-0.05, 0) is 23.6 Å². The highest BCUT2D eigenvalue weighted by Crippen LogP contribution is 2.25. The summed E-state index contributed by atoms with van der Waals surface area (Å²) in [6, 6.07) is 18.8. The highest BCUT2D eigenvalue weighted by molar-refractivity contribution is 7.99. The van der Waals surface area contributed by atoms with Crippen molar-refractivity contribution in [2.45, 2.75) is 19.2 Å². The van der Waals surface area contributed by atoms with Crippen LogP contribution in [0.1, 0.15) is 10.4 Å². The predicted molar refractivity (Wildman–Crippen MR) is 124 cm³/mol. The summed E-state index contributed by atoms with van der Waals surface area (Å²) >= 11 is 3.82. The Bertz CT molecular complexity index is 876. The Kier molecular flexibility index (Phi) is 7.46. The molecule has 2 aromatic carbocycles. The standard InChI is InChI=1S/C23H28N2O2S2/c26-20(16-25-9-11-28-12-10-25)17-27-22-7-3-1-6-19(22)14-24-15-21-13-18-5-2-4-8-23(18)29-21/h1-8,13,20,24,26H,9-12,14-17H2/t20-/m0/s1. The third kappa shape index (κ3) is 5.96. The Morgan fingerprint density at radius 3 is 2.69 bits per heavy atom. The highest BCUT2D eigenvalue weighted by atomic mass is 32.2. The lowest BCUT2D eigenvalue weighted by Crippen LogP contribution is -2.40. The summed E-state index contributed by atoms with van der Waals surface area (Å²) in [5, 5.41) is 15.2. The van der Waals surface area contributed by atoms with Crippen LogP contribution in [-0.2, 0) is 13.1 Å². The van der Waals surface area contributed by atoms with Crippen molar-refractivity contribution in [1.29, 1.82) is 0 Å². The number of rotatable bonds is 9. The third-order valence-corrected chi connectivity index (χ3v) is 7.13. The molecule has 29 heavy (non-hydrogen) atoms. The lowest BCUT2D eigenvalue weighted by atomic mass is 10.2. The second-order valence-electron chi connectivity index (χ2n) is 7.34. The molecule has 3 aromatic rings. The fourth-order valence-corrected chi connectivity index (χ4v) is 5.57. The number of para-hydroxylation sites is 1. The molecule has 1 atom stereocenters. The summed E-state index contributed by atoms with van der Waals surface area (Å²) in [6.07, 6.45) is -0.460. The van der Waals surface area contributed by atoms with Gasteiger partial charge in [0.05, 0.1) is 0 Å². The number of nitrogens with zero attached hydrogens (tertiary/aromatic N) is 1. The number of thiophene rings is 1. The van der Waals surface area contributed by atoms with E-state index in [1.807, 2.05) is 41.3 Å². The quantitative estimate of drug-likeness (QED) is 0.540. The Balaban J connectivity index is 1.27. The number of hydrogen-bond donors (Lipinski definition) is 2. The fourth-order valence-electron chi connectivity index (χ4n) is 3.56. The number of aliphatic hydroxyl groups excluding tert-OH is 1. The largest absolute Gasteiger partial charge is 0.491 e. The summed E-state index contributed by atoms with van der Waals surface area (Å²) in [7, 11) is 0. The Hall–Kier alpha value is -1.57. The van der Waals surface area contributed by atoms with E-state index in [0.717, 1.165) is 49.0 Å². The van der Waals surface area contributed by atoms with Crippen LogP contribution >= 0.6 is 23.1 Å². The first-order valence-corrected chi connectivity index (χ1v) is 12.1. The predicted octanol–water partition coefficient (Wildman–Crippen LogP) is 3.98. The second-order valence-corrected chi connectivity index (χ2v) is 9.73. The molecule has 1 saturated heterocycles.